The van der Waals surface area contributed by atoms with Crippen LogP contribution in [0.5, 0.6) is 0 Å². The number of nitrogens with two attached hydrogens (primary N) is 1. The molecule has 2 aromatic rings. The molecule has 1 amide bonds. The van der Waals surface area contributed by atoms with Gasteiger partial charge in [0.1, 0.15) is 0 Å². The van der Waals surface area contributed by atoms with Crippen LogP contribution < -0.4 is 16.6 Å². The minimum Gasteiger partial charge on any atom is -0.322 e. The second kappa shape index (κ2) is 6.28. The summed E-state index contributed by atoms with van der Waals surface area (Å²) in [4.78, 5) is 16.0. The van der Waals surface area contributed by atoms with Gasteiger partial charge in [0.05, 0.1) is 10.6 Å². The third kappa shape index (κ3) is 3.52. The summed E-state index contributed by atoms with van der Waals surface area (Å²) in [5.74, 6) is 5.11. The number of amides is 1. The lowest BCUT2D eigenvalue weighted by Crippen LogP contribution is -2.14. The molecule has 8 heteroatoms. The number of hydrazine groups is 1. The molecule has 20 heavy (non-hydrogen) atoms. The number of rotatable bonds is 3. The SMILES string of the molecule is NNc1ncc(C(=O)Nc2cc(Cl)cc(Cl)c2)cc1Cl. The van der Waals surface area contributed by atoms with Crippen molar-refractivity contribution < 1.29 is 4.79 Å². The van der Waals surface area contributed by atoms with Crippen LogP contribution in [0.15, 0.2) is 30.5 Å². The first kappa shape index (κ1) is 14.9. The van der Waals surface area contributed by atoms with Crippen LogP contribution in [0.4, 0.5) is 11.5 Å². The molecule has 0 aliphatic carbocycles. The highest BCUT2D eigenvalue weighted by molar-refractivity contribution is 6.35. The molecule has 0 aliphatic rings. The van der Waals surface area contributed by atoms with Gasteiger partial charge in [-0.15, -0.1) is 0 Å². The van der Waals surface area contributed by atoms with E-state index in [0.29, 0.717) is 15.7 Å². The summed E-state index contributed by atoms with van der Waals surface area (Å²) in [6.45, 7) is 0. The van der Waals surface area contributed by atoms with Crippen molar-refractivity contribution in [2.75, 3.05) is 10.7 Å². The maximum atomic E-state index is 12.0. The van der Waals surface area contributed by atoms with Crippen LogP contribution in [0.1, 0.15) is 10.4 Å². The van der Waals surface area contributed by atoms with Gasteiger partial charge in [-0.05, 0) is 24.3 Å². The number of anilines is 2. The molecule has 1 aromatic heterocycles. The monoisotopic (exact) mass is 330 g/mol. The predicted molar refractivity (Wildman–Crippen MR) is 81.5 cm³/mol. The average Bonchev–Trinajstić information content (AvgIpc) is 2.37. The number of nitrogen functional groups attached to an aromatic ring is 1. The molecule has 1 aromatic carbocycles. The molecule has 0 bridgehead atoms. The minimum absolute atomic E-state index is 0.240. The zero-order valence-corrected chi connectivity index (χ0v) is 12.2. The predicted octanol–water partition coefficient (Wildman–Crippen LogP) is 3.58. The quantitative estimate of drug-likeness (QED) is 0.593. The molecule has 0 spiro atoms. The molecule has 0 fully saturated rings. The summed E-state index contributed by atoms with van der Waals surface area (Å²) in [7, 11) is 0. The molecule has 4 N–H and O–H groups in total. The highest BCUT2D eigenvalue weighted by Gasteiger charge is 2.10. The van der Waals surface area contributed by atoms with Gasteiger partial charge in [0.2, 0.25) is 0 Å². The number of carbonyl (C=O) groups is 1. The second-order valence-electron chi connectivity index (χ2n) is 3.81. The lowest BCUT2D eigenvalue weighted by Gasteiger charge is -2.08. The van der Waals surface area contributed by atoms with E-state index < -0.39 is 0 Å². The Morgan fingerprint density at radius 3 is 2.30 bits per heavy atom. The van der Waals surface area contributed by atoms with Crippen LogP contribution in [0.25, 0.3) is 0 Å². The molecule has 0 saturated heterocycles. The molecule has 5 nitrogen and oxygen atoms in total. The van der Waals surface area contributed by atoms with E-state index in [0.717, 1.165) is 0 Å². The van der Waals surface area contributed by atoms with E-state index in [4.69, 9.17) is 40.6 Å². The molecule has 0 radical (unpaired) electrons. The number of hydrogen-bond donors (Lipinski definition) is 3. The summed E-state index contributed by atoms with van der Waals surface area (Å²) in [6.07, 6.45) is 1.35. The van der Waals surface area contributed by atoms with Gasteiger partial charge in [-0.25, -0.2) is 10.8 Å². The van der Waals surface area contributed by atoms with E-state index in [1.54, 1.807) is 18.2 Å². The van der Waals surface area contributed by atoms with Crippen LogP contribution >= 0.6 is 34.8 Å². The highest BCUT2D eigenvalue weighted by atomic mass is 35.5. The van der Waals surface area contributed by atoms with E-state index in [1.807, 2.05) is 0 Å². The smallest absolute Gasteiger partial charge is 0.257 e. The maximum Gasteiger partial charge on any atom is 0.257 e. The average molecular weight is 332 g/mol. The number of benzene rings is 1. The first-order chi connectivity index (χ1) is 9.49. The summed E-state index contributed by atoms with van der Waals surface area (Å²) in [5.41, 5.74) is 3.08. The van der Waals surface area contributed by atoms with Gasteiger partial charge in [0.15, 0.2) is 5.82 Å². The summed E-state index contributed by atoms with van der Waals surface area (Å²) in [6, 6.07) is 6.18. The van der Waals surface area contributed by atoms with Crippen molar-refractivity contribution in [2.45, 2.75) is 0 Å². The molecular weight excluding hydrogens is 323 g/mol. The first-order valence-electron chi connectivity index (χ1n) is 5.39. The molecule has 2 rings (SSSR count). The van der Waals surface area contributed by atoms with Crippen LogP contribution in [-0.2, 0) is 0 Å². The van der Waals surface area contributed by atoms with E-state index in [-0.39, 0.29) is 22.3 Å². The van der Waals surface area contributed by atoms with Crippen molar-refractivity contribution in [3.63, 3.8) is 0 Å². The van der Waals surface area contributed by atoms with Gasteiger partial charge in [-0.2, -0.15) is 0 Å². The van der Waals surface area contributed by atoms with Crippen molar-refractivity contribution in [3.05, 3.63) is 51.1 Å². The zero-order valence-electron chi connectivity index (χ0n) is 9.95. The Kier molecular flexibility index (Phi) is 4.67. The largest absolute Gasteiger partial charge is 0.322 e. The molecule has 0 saturated carbocycles. The summed E-state index contributed by atoms with van der Waals surface area (Å²) in [5, 5.41) is 3.73. The van der Waals surface area contributed by atoms with E-state index in [1.165, 1.54) is 12.3 Å². The molecule has 1 heterocycles. The molecule has 0 unspecified atom stereocenters. The van der Waals surface area contributed by atoms with Crippen LogP contribution in [0, 0.1) is 0 Å². The normalized spacial score (nSPS) is 10.2. The number of nitrogens with zero attached hydrogens (tertiary/aromatic N) is 1. The van der Waals surface area contributed by atoms with Gasteiger partial charge in [0, 0.05) is 21.9 Å². The van der Waals surface area contributed by atoms with Gasteiger partial charge in [-0.3, -0.25) is 4.79 Å². The number of aromatic nitrogens is 1. The zero-order chi connectivity index (χ0) is 14.7. The Morgan fingerprint density at radius 2 is 1.75 bits per heavy atom. The number of carbonyl (C=O) groups excluding carboxylic acids is 1. The lowest BCUT2D eigenvalue weighted by atomic mass is 10.2. The van der Waals surface area contributed by atoms with Crippen LogP contribution in [0.3, 0.4) is 0 Å². The Labute approximate surface area is 130 Å². The fraction of sp³-hybridized carbons (Fsp3) is 0. The van der Waals surface area contributed by atoms with Crippen molar-refractivity contribution in [2.24, 2.45) is 5.84 Å². The fourth-order valence-electron chi connectivity index (χ4n) is 1.50. The second-order valence-corrected chi connectivity index (χ2v) is 5.09. The molecule has 0 aliphatic heterocycles. The standard InChI is InChI=1S/C12H9Cl3N4O/c13-7-2-8(14)4-9(3-7)18-12(20)6-1-10(15)11(19-16)17-5-6/h1-5H,16H2,(H,17,19)(H,18,20). The first-order valence-corrected chi connectivity index (χ1v) is 6.52. The number of pyridine rings is 1. The third-order valence-electron chi connectivity index (χ3n) is 2.36. The number of nitrogens with one attached hydrogen (secondary N) is 2. The maximum absolute atomic E-state index is 12.0. The van der Waals surface area contributed by atoms with Crippen molar-refractivity contribution >= 4 is 52.2 Å². The minimum atomic E-state index is -0.388. The summed E-state index contributed by atoms with van der Waals surface area (Å²) < 4.78 is 0. The molecular formula is C12H9Cl3N4O. The highest BCUT2D eigenvalue weighted by Crippen LogP contribution is 2.24. The Hall–Kier alpha value is -1.53. The van der Waals surface area contributed by atoms with Gasteiger partial charge < -0.3 is 10.7 Å². The number of hydrogen-bond acceptors (Lipinski definition) is 4. The Bertz CT molecular complexity index is 643. The van der Waals surface area contributed by atoms with Gasteiger partial charge in [0.25, 0.3) is 5.91 Å². The van der Waals surface area contributed by atoms with Crippen LogP contribution in [-0.4, -0.2) is 10.9 Å². The van der Waals surface area contributed by atoms with Gasteiger partial charge in [-0.1, -0.05) is 34.8 Å². The van der Waals surface area contributed by atoms with Crippen molar-refractivity contribution in [3.8, 4) is 0 Å². The Balaban J connectivity index is 2.21. The Morgan fingerprint density at radius 1 is 1.10 bits per heavy atom. The summed E-state index contributed by atoms with van der Waals surface area (Å²) >= 11 is 17.6. The fourth-order valence-corrected chi connectivity index (χ4v) is 2.24. The topological polar surface area (TPSA) is 80.0 Å². The van der Waals surface area contributed by atoms with Gasteiger partial charge >= 0.3 is 0 Å². The van der Waals surface area contributed by atoms with E-state index >= 15 is 0 Å². The van der Waals surface area contributed by atoms with Crippen molar-refractivity contribution in [1.82, 2.24) is 4.98 Å². The molecule has 0 atom stereocenters. The molecule has 104 valence electrons. The van der Waals surface area contributed by atoms with E-state index in [9.17, 15) is 4.79 Å². The third-order valence-corrected chi connectivity index (χ3v) is 3.09. The number of halogens is 3. The van der Waals surface area contributed by atoms with Crippen LogP contribution in [0.2, 0.25) is 15.1 Å². The van der Waals surface area contributed by atoms with Crippen molar-refractivity contribution in [1.29, 1.82) is 0 Å². The van der Waals surface area contributed by atoms with E-state index in [2.05, 4.69) is 15.7 Å². The lowest BCUT2D eigenvalue weighted by molar-refractivity contribution is 0.102.